The van der Waals surface area contributed by atoms with E-state index in [9.17, 15) is 13.6 Å². The number of halogens is 2. The number of urea groups is 1. The maximum absolute atomic E-state index is 13.4. The van der Waals surface area contributed by atoms with E-state index < -0.39 is 11.6 Å². The lowest BCUT2D eigenvalue weighted by molar-refractivity contribution is 0.126. The first-order chi connectivity index (χ1) is 8.08. The van der Waals surface area contributed by atoms with Crippen molar-refractivity contribution in [2.24, 2.45) is 5.84 Å². The van der Waals surface area contributed by atoms with E-state index in [1.54, 1.807) is 0 Å². The van der Waals surface area contributed by atoms with Crippen LogP contribution in [0.1, 0.15) is 12.0 Å². The zero-order chi connectivity index (χ0) is 12.4. The first-order valence-corrected chi connectivity index (χ1v) is 5.33. The van der Waals surface area contributed by atoms with E-state index in [0.717, 1.165) is 17.5 Å². The molecule has 2 rings (SSSR count). The summed E-state index contributed by atoms with van der Waals surface area (Å²) < 4.78 is 26.1. The van der Waals surface area contributed by atoms with Crippen molar-refractivity contribution in [2.45, 2.75) is 13.0 Å². The van der Waals surface area contributed by atoms with Crippen LogP contribution in [0.15, 0.2) is 18.2 Å². The van der Waals surface area contributed by atoms with Crippen LogP contribution < -0.4 is 5.84 Å². The number of benzene rings is 1. The highest BCUT2D eigenvalue weighted by Gasteiger charge is 2.24. The molecular weight excluding hydrogens is 228 g/mol. The highest BCUT2D eigenvalue weighted by molar-refractivity contribution is 5.74. The van der Waals surface area contributed by atoms with E-state index in [4.69, 9.17) is 5.84 Å². The van der Waals surface area contributed by atoms with Crippen LogP contribution in [0.4, 0.5) is 13.6 Å². The minimum absolute atomic E-state index is 0.110. The zero-order valence-electron chi connectivity index (χ0n) is 9.20. The Kier molecular flexibility index (Phi) is 3.23. The summed E-state index contributed by atoms with van der Waals surface area (Å²) in [6, 6.07) is 2.99. The molecule has 1 aromatic rings. The second-order valence-electron chi connectivity index (χ2n) is 3.99. The van der Waals surface area contributed by atoms with Crippen molar-refractivity contribution in [1.29, 1.82) is 0 Å². The Bertz CT molecular complexity index is 439. The van der Waals surface area contributed by atoms with Gasteiger partial charge in [0.25, 0.3) is 0 Å². The Labute approximate surface area is 97.6 Å². The van der Waals surface area contributed by atoms with Gasteiger partial charge in [0.05, 0.1) is 6.54 Å². The summed E-state index contributed by atoms with van der Waals surface area (Å²) >= 11 is 0. The predicted molar refractivity (Wildman–Crippen MR) is 57.7 cm³/mol. The van der Waals surface area contributed by atoms with Gasteiger partial charge in [-0.05, 0) is 12.5 Å². The lowest BCUT2D eigenvalue weighted by Crippen LogP contribution is -2.52. The normalized spacial score (nSPS) is 16.5. The molecule has 17 heavy (non-hydrogen) atoms. The SMILES string of the molecule is NN1CCCN(Cc2ccc(F)cc2F)C1=O. The molecule has 2 amide bonds. The average Bonchev–Trinajstić information content (AvgIpc) is 2.28. The van der Waals surface area contributed by atoms with Gasteiger partial charge in [-0.15, -0.1) is 0 Å². The zero-order valence-corrected chi connectivity index (χ0v) is 9.20. The highest BCUT2D eigenvalue weighted by Crippen LogP contribution is 2.15. The Balaban J connectivity index is 2.12. The molecule has 1 aromatic carbocycles. The molecule has 0 aromatic heterocycles. The molecule has 1 aliphatic rings. The van der Waals surface area contributed by atoms with Gasteiger partial charge in [-0.3, -0.25) is 5.01 Å². The monoisotopic (exact) mass is 241 g/mol. The van der Waals surface area contributed by atoms with Crippen LogP contribution in [0.2, 0.25) is 0 Å². The maximum Gasteiger partial charge on any atom is 0.334 e. The van der Waals surface area contributed by atoms with Crippen LogP contribution >= 0.6 is 0 Å². The summed E-state index contributed by atoms with van der Waals surface area (Å²) in [4.78, 5) is 13.1. The second-order valence-corrected chi connectivity index (χ2v) is 3.99. The van der Waals surface area contributed by atoms with E-state index in [-0.39, 0.29) is 18.1 Å². The highest BCUT2D eigenvalue weighted by atomic mass is 19.1. The third-order valence-electron chi connectivity index (χ3n) is 2.72. The minimum atomic E-state index is -0.646. The van der Waals surface area contributed by atoms with E-state index >= 15 is 0 Å². The standard InChI is InChI=1S/C11H13F2N3O/c12-9-3-2-8(10(13)6-9)7-15-4-1-5-16(14)11(15)17/h2-3,6H,1,4-5,7,14H2. The summed E-state index contributed by atoms with van der Waals surface area (Å²) in [6.07, 6.45) is 0.741. The van der Waals surface area contributed by atoms with E-state index in [2.05, 4.69) is 0 Å². The summed E-state index contributed by atoms with van der Waals surface area (Å²) in [5.74, 6) is 4.20. The molecule has 4 nitrogen and oxygen atoms in total. The summed E-state index contributed by atoms with van der Waals surface area (Å²) in [6.45, 7) is 1.14. The molecule has 1 fully saturated rings. The van der Waals surface area contributed by atoms with E-state index in [1.165, 1.54) is 17.0 Å². The third-order valence-corrected chi connectivity index (χ3v) is 2.72. The van der Waals surface area contributed by atoms with E-state index in [1.807, 2.05) is 0 Å². The molecule has 0 atom stereocenters. The lowest BCUT2D eigenvalue weighted by atomic mass is 10.2. The molecule has 1 saturated heterocycles. The number of nitrogens with two attached hydrogens (primary N) is 1. The van der Waals surface area contributed by atoms with Crippen LogP contribution in [0, 0.1) is 11.6 Å². The van der Waals surface area contributed by atoms with Crippen LogP contribution in [-0.2, 0) is 6.54 Å². The minimum Gasteiger partial charge on any atom is -0.319 e. The number of carbonyl (C=O) groups is 1. The topological polar surface area (TPSA) is 49.6 Å². The summed E-state index contributed by atoms with van der Waals surface area (Å²) in [5.41, 5.74) is 0.287. The molecule has 0 radical (unpaired) electrons. The van der Waals surface area contributed by atoms with Crippen LogP contribution in [0.5, 0.6) is 0 Å². The first kappa shape index (κ1) is 11.8. The Hall–Kier alpha value is -1.69. The van der Waals surface area contributed by atoms with Gasteiger partial charge in [-0.2, -0.15) is 0 Å². The smallest absolute Gasteiger partial charge is 0.319 e. The third kappa shape index (κ3) is 2.52. The number of nitrogens with zero attached hydrogens (tertiary/aromatic N) is 2. The number of rotatable bonds is 2. The van der Waals surface area contributed by atoms with E-state index in [0.29, 0.717) is 13.1 Å². The molecule has 1 aliphatic heterocycles. The molecule has 0 saturated carbocycles. The van der Waals surface area contributed by atoms with Crippen LogP contribution in [0.25, 0.3) is 0 Å². The molecule has 0 aliphatic carbocycles. The number of carbonyl (C=O) groups excluding carboxylic acids is 1. The van der Waals surface area contributed by atoms with Gasteiger partial charge < -0.3 is 4.90 Å². The molecule has 2 N–H and O–H groups in total. The van der Waals surface area contributed by atoms with Crippen molar-refractivity contribution in [2.75, 3.05) is 13.1 Å². The van der Waals surface area contributed by atoms with Gasteiger partial charge in [0.2, 0.25) is 0 Å². The van der Waals surface area contributed by atoms with Gasteiger partial charge >= 0.3 is 6.03 Å². The summed E-state index contributed by atoms with van der Waals surface area (Å²) in [5, 5.41) is 1.10. The number of hydrogen-bond donors (Lipinski definition) is 1. The average molecular weight is 241 g/mol. The largest absolute Gasteiger partial charge is 0.334 e. The molecule has 0 unspecified atom stereocenters. The van der Waals surface area contributed by atoms with Crippen LogP contribution in [-0.4, -0.2) is 29.0 Å². The van der Waals surface area contributed by atoms with Crippen molar-refractivity contribution < 1.29 is 13.6 Å². The Morgan fingerprint density at radius 3 is 2.76 bits per heavy atom. The molecule has 1 heterocycles. The predicted octanol–water partition coefficient (Wildman–Crippen LogP) is 1.47. The van der Waals surface area contributed by atoms with Crippen molar-refractivity contribution in [3.05, 3.63) is 35.4 Å². The van der Waals surface area contributed by atoms with Crippen molar-refractivity contribution in [3.63, 3.8) is 0 Å². The fourth-order valence-electron chi connectivity index (χ4n) is 1.81. The van der Waals surface area contributed by atoms with Gasteiger partial charge in [-0.25, -0.2) is 19.4 Å². The molecular formula is C11H13F2N3O. The number of hydrogen-bond acceptors (Lipinski definition) is 2. The van der Waals surface area contributed by atoms with Gasteiger partial charge in [0.15, 0.2) is 0 Å². The molecule has 0 bridgehead atoms. The maximum atomic E-state index is 13.4. The Morgan fingerprint density at radius 2 is 2.06 bits per heavy atom. The fourth-order valence-corrected chi connectivity index (χ4v) is 1.81. The van der Waals surface area contributed by atoms with Crippen molar-refractivity contribution >= 4 is 6.03 Å². The van der Waals surface area contributed by atoms with Crippen molar-refractivity contribution in [1.82, 2.24) is 9.91 Å². The van der Waals surface area contributed by atoms with Gasteiger partial charge in [0.1, 0.15) is 11.6 Å². The number of hydrazine groups is 1. The quantitative estimate of drug-likeness (QED) is 0.629. The molecule has 92 valence electrons. The Morgan fingerprint density at radius 1 is 1.29 bits per heavy atom. The molecule has 6 heteroatoms. The van der Waals surface area contributed by atoms with Gasteiger partial charge in [0, 0.05) is 24.7 Å². The molecule has 0 spiro atoms. The van der Waals surface area contributed by atoms with Crippen LogP contribution in [0.3, 0.4) is 0 Å². The van der Waals surface area contributed by atoms with Crippen molar-refractivity contribution in [3.8, 4) is 0 Å². The van der Waals surface area contributed by atoms with Gasteiger partial charge in [-0.1, -0.05) is 6.07 Å². The fraction of sp³-hybridized carbons (Fsp3) is 0.364. The second kappa shape index (κ2) is 4.67. The number of amides is 2. The lowest BCUT2D eigenvalue weighted by Gasteiger charge is -2.32. The first-order valence-electron chi connectivity index (χ1n) is 5.33. The summed E-state index contributed by atoms with van der Waals surface area (Å²) in [7, 11) is 0.